The van der Waals surface area contributed by atoms with Gasteiger partial charge in [-0.3, -0.25) is 0 Å². The predicted octanol–water partition coefficient (Wildman–Crippen LogP) is -0.525. The highest BCUT2D eigenvalue weighted by molar-refractivity contribution is 7.87. The van der Waals surface area contributed by atoms with Crippen LogP contribution in [0.3, 0.4) is 0 Å². The van der Waals surface area contributed by atoms with Gasteiger partial charge in [0.1, 0.15) is 0 Å². The highest BCUT2D eigenvalue weighted by Crippen LogP contribution is 1.96. The number of hydrogen-bond donors (Lipinski definition) is 2. The van der Waals surface area contributed by atoms with Crippen molar-refractivity contribution >= 4 is 10.2 Å². The van der Waals surface area contributed by atoms with E-state index in [-0.39, 0.29) is 6.61 Å². The fraction of sp³-hybridized carbons (Fsp3) is 1.00. The molecule has 0 aromatic carbocycles. The lowest BCUT2D eigenvalue weighted by Gasteiger charge is -2.22. The first kappa shape index (κ1) is 16.8. The summed E-state index contributed by atoms with van der Waals surface area (Å²) in [6.45, 7) is 5.50. The standard InChI is InChI=1S/C10H25N3O3S/c1-10(2)12(3)8-6-11-17(15,16)13(4)7-5-9-14/h10-11,14H,5-9H2,1-4H3. The van der Waals surface area contributed by atoms with Crippen molar-refractivity contribution in [1.82, 2.24) is 13.9 Å². The first-order chi connectivity index (χ1) is 7.81. The summed E-state index contributed by atoms with van der Waals surface area (Å²) in [6, 6.07) is 0.395. The number of hydrogen-bond acceptors (Lipinski definition) is 4. The Balaban J connectivity index is 4.01. The van der Waals surface area contributed by atoms with Crippen LogP contribution in [0.25, 0.3) is 0 Å². The number of aliphatic hydroxyl groups is 1. The summed E-state index contributed by atoms with van der Waals surface area (Å²) in [5.74, 6) is 0. The van der Waals surface area contributed by atoms with Crippen molar-refractivity contribution in [3.8, 4) is 0 Å². The fourth-order valence-corrected chi connectivity index (χ4v) is 2.07. The SMILES string of the molecule is CC(C)N(C)CCNS(=O)(=O)N(C)CCCO. The van der Waals surface area contributed by atoms with Gasteiger partial charge in [-0.1, -0.05) is 0 Å². The Kier molecular flexibility index (Phi) is 7.89. The van der Waals surface area contributed by atoms with Crippen molar-refractivity contribution in [1.29, 1.82) is 0 Å². The van der Waals surface area contributed by atoms with E-state index in [1.54, 1.807) is 0 Å². The minimum Gasteiger partial charge on any atom is -0.396 e. The molecule has 0 heterocycles. The van der Waals surface area contributed by atoms with Crippen molar-refractivity contribution in [3.05, 3.63) is 0 Å². The summed E-state index contributed by atoms with van der Waals surface area (Å²) >= 11 is 0. The van der Waals surface area contributed by atoms with Crippen LogP contribution < -0.4 is 4.72 Å². The van der Waals surface area contributed by atoms with Gasteiger partial charge in [0.05, 0.1) is 0 Å². The molecule has 0 radical (unpaired) electrons. The Bertz CT molecular complexity index is 293. The smallest absolute Gasteiger partial charge is 0.279 e. The minimum atomic E-state index is -3.41. The molecule has 104 valence electrons. The Morgan fingerprint density at radius 1 is 1.24 bits per heavy atom. The van der Waals surface area contributed by atoms with Gasteiger partial charge in [-0.25, -0.2) is 4.72 Å². The molecule has 0 fully saturated rings. The third kappa shape index (κ3) is 6.95. The quantitative estimate of drug-likeness (QED) is 0.589. The molecule has 0 unspecified atom stereocenters. The van der Waals surface area contributed by atoms with Crippen molar-refractivity contribution in [2.24, 2.45) is 0 Å². The third-order valence-corrected chi connectivity index (χ3v) is 4.24. The van der Waals surface area contributed by atoms with Crippen LogP contribution in [0.5, 0.6) is 0 Å². The highest BCUT2D eigenvalue weighted by Gasteiger charge is 2.16. The Morgan fingerprint density at radius 3 is 2.29 bits per heavy atom. The lowest BCUT2D eigenvalue weighted by atomic mass is 10.3. The molecule has 6 nitrogen and oxygen atoms in total. The molecule has 7 heteroatoms. The van der Waals surface area contributed by atoms with Crippen LogP contribution in [-0.4, -0.2) is 69.1 Å². The second-order valence-electron chi connectivity index (χ2n) is 4.37. The molecule has 0 saturated carbocycles. The van der Waals surface area contributed by atoms with E-state index in [4.69, 9.17) is 5.11 Å². The molecule has 0 aromatic heterocycles. The molecule has 0 rings (SSSR count). The van der Waals surface area contributed by atoms with Gasteiger partial charge >= 0.3 is 0 Å². The normalized spacial score (nSPS) is 12.9. The van der Waals surface area contributed by atoms with Crippen LogP contribution in [0.1, 0.15) is 20.3 Å². The van der Waals surface area contributed by atoms with Crippen LogP contribution in [0.15, 0.2) is 0 Å². The lowest BCUT2D eigenvalue weighted by molar-refractivity contribution is 0.272. The second kappa shape index (κ2) is 7.99. The topological polar surface area (TPSA) is 72.9 Å². The minimum absolute atomic E-state index is 0.00402. The molecule has 0 bridgehead atoms. The Hall–Kier alpha value is -0.210. The maximum absolute atomic E-state index is 11.7. The van der Waals surface area contributed by atoms with Crippen LogP contribution in [0.4, 0.5) is 0 Å². The predicted molar refractivity (Wildman–Crippen MR) is 69.0 cm³/mol. The molecular formula is C10H25N3O3S. The summed E-state index contributed by atoms with van der Waals surface area (Å²) in [7, 11) is 0.0486. The molecule has 0 saturated heterocycles. The second-order valence-corrected chi connectivity index (χ2v) is 6.23. The zero-order valence-electron chi connectivity index (χ0n) is 11.2. The molecule has 0 aliphatic heterocycles. The maximum atomic E-state index is 11.7. The van der Waals surface area contributed by atoms with Crippen molar-refractivity contribution < 1.29 is 13.5 Å². The van der Waals surface area contributed by atoms with Gasteiger partial charge in [-0.05, 0) is 27.3 Å². The molecule has 0 spiro atoms. The molecule has 0 aliphatic rings. The summed E-state index contributed by atoms with van der Waals surface area (Å²) in [5, 5.41) is 8.64. The maximum Gasteiger partial charge on any atom is 0.279 e. The van der Waals surface area contributed by atoms with E-state index in [2.05, 4.69) is 23.5 Å². The number of nitrogens with one attached hydrogen (secondary N) is 1. The molecule has 0 aromatic rings. The van der Waals surface area contributed by atoms with E-state index >= 15 is 0 Å². The average molecular weight is 267 g/mol. The molecule has 0 atom stereocenters. The van der Waals surface area contributed by atoms with Gasteiger partial charge < -0.3 is 10.0 Å². The third-order valence-electron chi connectivity index (χ3n) is 2.67. The van der Waals surface area contributed by atoms with Crippen LogP contribution in [0.2, 0.25) is 0 Å². The molecular weight excluding hydrogens is 242 g/mol. The number of nitrogens with zero attached hydrogens (tertiary/aromatic N) is 2. The number of aliphatic hydroxyl groups excluding tert-OH is 1. The number of likely N-dealkylation sites (N-methyl/N-ethyl adjacent to an activating group) is 1. The van der Waals surface area contributed by atoms with Gasteiger partial charge in [0.25, 0.3) is 10.2 Å². The van der Waals surface area contributed by atoms with Gasteiger partial charge in [-0.15, -0.1) is 0 Å². The van der Waals surface area contributed by atoms with E-state index in [0.717, 1.165) is 0 Å². The Morgan fingerprint density at radius 2 is 1.82 bits per heavy atom. The molecule has 2 N–H and O–H groups in total. The Labute approximate surface area is 105 Å². The summed E-state index contributed by atoms with van der Waals surface area (Å²) in [6.07, 6.45) is 0.448. The fourth-order valence-electron chi connectivity index (χ4n) is 1.13. The van der Waals surface area contributed by atoms with Gasteiger partial charge in [0.15, 0.2) is 0 Å². The lowest BCUT2D eigenvalue weighted by Crippen LogP contribution is -2.42. The molecule has 0 aliphatic carbocycles. The van der Waals surface area contributed by atoms with Gasteiger partial charge in [0.2, 0.25) is 0 Å². The largest absolute Gasteiger partial charge is 0.396 e. The van der Waals surface area contributed by atoms with Crippen molar-refractivity contribution in [2.45, 2.75) is 26.3 Å². The first-order valence-corrected chi connectivity index (χ1v) is 7.27. The monoisotopic (exact) mass is 267 g/mol. The van der Waals surface area contributed by atoms with Crippen molar-refractivity contribution in [2.75, 3.05) is 40.3 Å². The van der Waals surface area contributed by atoms with E-state index in [1.807, 2.05) is 7.05 Å². The van der Waals surface area contributed by atoms with E-state index in [1.165, 1.54) is 11.4 Å². The van der Waals surface area contributed by atoms with Crippen molar-refractivity contribution in [3.63, 3.8) is 0 Å². The zero-order chi connectivity index (χ0) is 13.5. The number of rotatable bonds is 9. The van der Waals surface area contributed by atoms with E-state index in [0.29, 0.717) is 32.1 Å². The zero-order valence-corrected chi connectivity index (χ0v) is 12.0. The van der Waals surface area contributed by atoms with E-state index < -0.39 is 10.2 Å². The highest BCUT2D eigenvalue weighted by atomic mass is 32.2. The molecule has 0 amide bonds. The van der Waals surface area contributed by atoms with Crippen LogP contribution >= 0.6 is 0 Å². The first-order valence-electron chi connectivity index (χ1n) is 5.83. The summed E-state index contributed by atoms with van der Waals surface area (Å²) < 4.78 is 27.2. The summed E-state index contributed by atoms with van der Waals surface area (Å²) in [5.41, 5.74) is 0. The van der Waals surface area contributed by atoms with Crippen LogP contribution in [0, 0.1) is 0 Å². The molecule has 17 heavy (non-hydrogen) atoms. The average Bonchev–Trinajstić information content (AvgIpc) is 2.25. The van der Waals surface area contributed by atoms with E-state index in [9.17, 15) is 8.42 Å². The van der Waals surface area contributed by atoms with Gasteiger partial charge in [0, 0.05) is 39.3 Å². The summed E-state index contributed by atoms with van der Waals surface area (Å²) in [4.78, 5) is 2.07. The van der Waals surface area contributed by atoms with Crippen LogP contribution in [-0.2, 0) is 10.2 Å². The van der Waals surface area contributed by atoms with Gasteiger partial charge in [-0.2, -0.15) is 12.7 Å².